The number of rotatable bonds is 2. The number of anilines is 1. The van der Waals surface area contributed by atoms with Crippen molar-refractivity contribution in [1.82, 2.24) is 9.78 Å². The molecule has 122 valence electrons. The Balaban J connectivity index is 1.96. The molecule has 1 aliphatic heterocycles. The Morgan fingerprint density at radius 2 is 1.88 bits per heavy atom. The lowest BCUT2D eigenvalue weighted by Gasteiger charge is -2.31. The highest BCUT2D eigenvalue weighted by Gasteiger charge is 2.29. The monoisotopic (exact) mass is 319 g/mol. The van der Waals surface area contributed by atoms with Gasteiger partial charge in [0, 0.05) is 16.8 Å². The molecule has 1 N–H and O–H groups in total. The topological polar surface area (TPSA) is 39.1 Å². The number of benzene rings is 2. The van der Waals surface area contributed by atoms with Crippen molar-refractivity contribution in [3.63, 3.8) is 0 Å². The number of ether oxygens (including phenoxy) is 1. The number of aryl methyl sites for hydroxylation is 3. The fourth-order valence-electron chi connectivity index (χ4n) is 3.58. The highest BCUT2D eigenvalue weighted by Crippen LogP contribution is 2.42. The summed E-state index contributed by atoms with van der Waals surface area (Å²) in [6, 6.07) is 14.7. The second kappa shape index (κ2) is 5.41. The van der Waals surface area contributed by atoms with Gasteiger partial charge in [0.15, 0.2) is 6.17 Å². The Morgan fingerprint density at radius 3 is 2.67 bits per heavy atom. The smallest absolute Gasteiger partial charge is 0.150 e. The fourth-order valence-corrected chi connectivity index (χ4v) is 3.58. The molecular formula is C20H21N3O. The van der Waals surface area contributed by atoms with Crippen LogP contribution in [0.25, 0.3) is 11.3 Å². The van der Waals surface area contributed by atoms with Crippen molar-refractivity contribution in [3.8, 4) is 17.0 Å². The lowest BCUT2D eigenvalue weighted by molar-refractivity contribution is 0.401. The molecule has 1 atom stereocenters. The molecule has 0 spiro atoms. The van der Waals surface area contributed by atoms with Gasteiger partial charge in [-0.15, -0.1) is 0 Å². The summed E-state index contributed by atoms with van der Waals surface area (Å²) < 4.78 is 7.64. The molecule has 0 aliphatic carbocycles. The molecule has 0 bridgehead atoms. The maximum absolute atomic E-state index is 5.58. The van der Waals surface area contributed by atoms with Crippen molar-refractivity contribution in [2.45, 2.75) is 26.9 Å². The predicted octanol–water partition coefficient (Wildman–Crippen LogP) is 4.46. The molecule has 2 aromatic carbocycles. The van der Waals surface area contributed by atoms with E-state index in [0.29, 0.717) is 0 Å². The van der Waals surface area contributed by atoms with E-state index in [1.165, 1.54) is 22.4 Å². The van der Waals surface area contributed by atoms with E-state index in [2.05, 4.69) is 48.1 Å². The van der Waals surface area contributed by atoms with Gasteiger partial charge in [-0.25, -0.2) is 4.68 Å². The van der Waals surface area contributed by atoms with Crippen LogP contribution in [-0.2, 0) is 0 Å². The summed E-state index contributed by atoms with van der Waals surface area (Å²) in [6.07, 6.45) is -0.0845. The Hall–Kier alpha value is -2.75. The van der Waals surface area contributed by atoms with Crippen molar-refractivity contribution < 1.29 is 4.74 Å². The van der Waals surface area contributed by atoms with Crippen LogP contribution in [0.5, 0.6) is 5.75 Å². The summed E-state index contributed by atoms with van der Waals surface area (Å²) >= 11 is 0. The summed E-state index contributed by atoms with van der Waals surface area (Å²) in [5.41, 5.74) is 8.12. The third-order valence-corrected chi connectivity index (χ3v) is 4.57. The summed E-state index contributed by atoms with van der Waals surface area (Å²) in [5, 5.41) is 8.41. The number of nitrogens with zero attached hydrogens (tertiary/aromatic N) is 2. The van der Waals surface area contributed by atoms with E-state index in [9.17, 15) is 0 Å². The maximum Gasteiger partial charge on any atom is 0.150 e. The number of nitrogens with one attached hydrogen (secondary N) is 1. The largest absolute Gasteiger partial charge is 0.496 e. The van der Waals surface area contributed by atoms with Crippen LogP contribution in [0.3, 0.4) is 0 Å². The van der Waals surface area contributed by atoms with E-state index in [4.69, 9.17) is 9.84 Å². The van der Waals surface area contributed by atoms with Crippen LogP contribution < -0.4 is 10.1 Å². The molecule has 4 nitrogen and oxygen atoms in total. The lowest BCUT2D eigenvalue weighted by Crippen LogP contribution is -2.26. The van der Waals surface area contributed by atoms with Crippen LogP contribution in [-0.4, -0.2) is 16.9 Å². The zero-order valence-electron chi connectivity index (χ0n) is 14.4. The van der Waals surface area contributed by atoms with E-state index in [1.807, 2.05) is 25.1 Å². The Kier molecular flexibility index (Phi) is 3.34. The van der Waals surface area contributed by atoms with Gasteiger partial charge in [0.05, 0.1) is 18.5 Å². The number of hydrogen-bond donors (Lipinski definition) is 1. The molecule has 3 aromatic rings. The quantitative estimate of drug-likeness (QED) is 0.758. The third kappa shape index (κ3) is 2.18. The fraction of sp³-hybridized carbons (Fsp3) is 0.250. The molecular weight excluding hydrogens is 298 g/mol. The van der Waals surface area contributed by atoms with Gasteiger partial charge in [0.1, 0.15) is 5.75 Å². The Morgan fingerprint density at radius 1 is 1.08 bits per heavy atom. The molecule has 2 heterocycles. The summed E-state index contributed by atoms with van der Waals surface area (Å²) in [5.74, 6) is 0.863. The zero-order valence-corrected chi connectivity index (χ0v) is 14.4. The van der Waals surface area contributed by atoms with Gasteiger partial charge in [0.2, 0.25) is 0 Å². The van der Waals surface area contributed by atoms with Crippen molar-refractivity contribution in [3.05, 3.63) is 64.8 Å². The van der Waals surface area contributed by atoms with Crippen molar-refractivity contribution in [2.24, 2.45) is 0 Å². The van der Waals surface area contributed by atoms with Crippen molar-refractivity contribution in [1.29, 1.82) is 0 Å². The molecule has 0 saturated heterocycles. The SMILES string of the molecule is COc1ccccc1C1Nc2c(C)cc(C)cc2-c2cc(C)nn21. The van der Waals surface area contributed by atoms with Gasteiger partial charge < -0.3 is 10.1 Å². The number of para-hydroxylation sites is 1. The normalized spacial score (nSPS) is 15.4. The van der Waals surface area contributed by atoms with Gasteiger partial charge in [-0.05, 0) is 44.5 Å². The standard InChI is InChI=1S/C20H21N3O/c1-12-9-13(2)19-16(10-12)17-11-14(3)22-23(17)20(21-19)15-7-5-6-8-18(15)24-4/h5-11,20-21H,1-4H3. The summed E-state index contributed by atoms with van der Waals surface area (Å²) in [7, 11) is 1.71. The van der Waals surface area contributed by atoms with Crippen LogP contribution in [0.1, 0.15) is 28.6 Å². The lowest BCUT2D eigenvalue weighted by atomic mass is 9.98. The van der Waals surface area contributed by atoms with Gasteiger partial charge in [-0.3, -0.25) is 0 Å². The number of aromatic nitrogens is 2. The predicted molar refractivity (Wildman–Crippen MR) is 96.6 cm³/mol. The molecule has 0 saturated carbocycles. The van der Waals surface area contributed by atoms with Gasteiger partial charge >= 0.3 is 0 Å². The Labute approximate surface area is 142 Å². The van der Waals surface area contributed by atoms with Gasteiger partial charge in [0.25, 0.3) is 0 Å². The first-order chi connectivity index (χ1) is 11.6. The first kappa shape index (κ1) is 14.8. The van der Waals surface area contributed by atoms with E-state index < -0.39 is 0 Å². The highest BCUT2D eigenvalue weighted by molar-refractivity contribution is 5.82. The third-order valence-electron chi connectivity index (χ3n) is 4.57. The van der Waals surface area contributed by atoms with Crippen molar-refractivity contribution >= 4 is 5.69 Å². The molecule has 0 radical (unpaired) electrons. The summed E-state index contributed by atoms with van der Waals surface area (Å²) in [6.45, 7) is 6.32. The average Bonchev–Trinajstić information content (AvgIpc) is 2.96. The minimum absolute atomic E-state index is 0.0845. The van der Waals surface area contributed by atoms with Crippen LogP contribution in [0.4, 0.5) is 5.69 Å². The molecule has 4 rings (SSSR count). The minimum atomic E-state index is -0.0845. The van der Waals surface area contributed by atoms with Crippen LogP contribution in [0.2, 0.25) is 0 Å². The first-order valence-electron chi connectivity index (χ1n) is 8.15. The van der Waals surface area contributed by atoms with E-state index in [1.54, 1.807) is 7.11 Å². The van der Waals surface area contributed by atoms with E-state index in [0.717, 1.165) is 22.7 Å². The summed E-state index contributed by atoms with van der Waals surface area (Å²) in [4.78, 5) is 0. The van der Waals surface area contributed by atoms with Crippen LogP contribution >= 0.6 is 0 Å². The van der Waals surface area contributed by atoms with Gasteiger partial charge in [-0.2, -0.15) is 5.10 Å². The molecule has 1 unspecified atom stereocenters. The number of fused-ring (bicyclic) bond motifs is 3. The number of methoxy groups -OCH3 is 1. The zero-order chi connectivity index (χ0) is 16.8. The molecule has 0 fully saturated rings. The van der Waals surface area contributed by atoms with E-state index >= 15 is 0 Å². The van der Waals surface area contributed by atoms with Gasteiger partial charge in [-0.1, -0.05) is 29.8 Å². The second-order valence-corrected chi connectivity index (χ2v) is 6.41. The number of hydrogen-bond acceptors (Lipinski definition) is 3. The molecule has 24 heavy (non-hydrogen) atoms. The first-order valence-corrected chi connectivity index (χ1v) is 8.15. The highest BCUT2D eigenvalue weighted by atomic mass is 16.5. The molecule has 4 heteroatoms. The average molecular weight is 319 g/mol. The van der Waals surface area contributed by atoms with Crippen molar-refractivity contribution in [2.75, 3.05) is 12.4 Å². The molecule has 1 aliphatic rings. The second-order valence-electron chi connectivity index (χ2n) is 6.41. The maximum atomic E-state index is 5.58. The minimum Gasteiger partial charge on any atom is -0.496 e. The molecule has 1 aromatic heterocycles. The van der Waals surface area contributed by atoms with Crippen LogP contribution in [0, 0.1) is 20.8 Å². The molecule has 0 amide bonds. The Bertz CT molecular complexity index is 927. The van der Waals surface area contributed by atoms with Crippen LogP contribution in [0.15, 0.2) is 42.5 Å². The van der Waals surface area contributed by atoms with E-state index in [-0.39, 0.29) is 6.17 Å².